The van der Waals surface area contributed by atoms with E-state index in [1.54, 1.807) is 0 Å². The topological polar surface area (TPSA) is 73.5 Å². The predicted molar refractivity (Wildman–Crippen MR) is 122 cm³/mol. The minimum absolute atomic E-state index is 0.0126. The lowest BCUT2D eigenvalue weighted by Crippen LogP contribution is -2.34. The Balaban J connectivity index is 1.74. The van der Waals surface area contributed by atoms with Gasteiger partial charge in [-0.05, 0) is 41.9 Å². The summed E-state index contributed by atoms with van der Waals surface area (Å²) >= 11 is 0. The molecule has 2 aromatic carbocycles. The highest BCUT2D eigenvalue weighted by Gasteiger charge is 2.07. The van der Waals surface area contributed by atoms with E-state index in [-0.39, 0.29) is 17.9 Å². The summed E-state index contributed by atoms with van der Waals surface area (Å²) in [4.78, 5) is 26.2. The maximum absolute atomic E-state index is 12.1. The lowest BCUT2D eigenvalue weighted by atomic mass is 10.1. The van der Waals surface area contributed by atoms with Gasteiger partial charge in [-0.1, -0.05) is 64.1 Å². The van der Waals surface area contributed by atoms with Crippen molar-refractivity contribution >= 4 is 17.6 Å². The SMILES string of the molecule is CCN(CC)Cc1ccc(CNC(=O)NCc2ccc(NC(=O)C(C)C)cc2)cc1. The van der Waals surface area contributed by atoms with Crippen LogP contribution >= 0.6 is 0 Å². The first-order chi connectivity index (χ1) is 14.4. The quantitative estimate of drug-likeness (QED) is 0.552. The van der Waals surface area contributed by atoms with Crippen molar-refractivity contribution in [2.75, 3.05) is 18.4 Å². The molecule has 0 aliphatic heterocycles. The van der Waals surface area contributed by atoms with Crippen LogP contribution in [0.2, 0.25) is 0 Å². The van der Waals surface area contributed by atoms with Gasteiger partial charge in [0.15, 0.2) is 0 Å². The molecule has 0 radical (unpaired) electrons. The summed E-state index contributed by atoms with van der Waals surface area (Å²) in [7, 11) is 0. The molecule has 0 bridgehead atoms. The van der Waals surface area contributed by atoms with E-state index in [0.717, 1.165) is 36.4 Å². The zero-order chi connectivity index (χ0) is 21.9. The molecule has 3 N–H and O–H groups in total. The molecule has 0 heterocycles. The van der Waals surface area contributed by atoms with E-state index < -0.39 is 0 Å². The molecule has 2 aromatic rings. The molecule has 0 saturated heterocycles. The Kier molecular flexibility index (Phi) is 9.35. The van der Waals surface area contributed by atoms with Crippen molar-refractivity contribution in [1.29, 1.82) is 0 Å². The van der Waals surface area contributed by atoms with Crippen molar-refractivity contribution in [3.8, 4) is 0 Å². The smallest absolute Gasteiger partial charge is 0.315 e. The fraction of sp³-hybridized carbons (Fsp3) is 0.417. The van der Waals surface area contributed by atoms with E-state index in [0.29, 0.717) is 13.1 Å². The second-order valence-corrected chi connectivity index (χ2v) is 7.65. The molecule has 0 saturated carbocycles. The van der Waals surface area contributed by atoms with Crippen LogP contribution in [0.3, 0.4) is 0 Å². The first-order valence-corrected chi connectivity index (χ1v) is 10.6. The second-order valence-electron chi connectivity index (χ2n) is 7.65. The summed E-state index contributed by atoms with van der Waals surface area (Å²) in [5, 5.41) is 8.59. The largest absolute Gasteiger partial charge is 0.334 e. The maximum atomic E-state index is 12.1. The van der Waals surface area contributed by atoms with E-state index in [2.05, 4.69) is 59.0 Å². The van der Waals surface area contributed by atoms with Crippen LogP contribution in [0.15, 0.2) is 48.5 Å². The second kappa shape index (κ2) is 12.0. The number of carbonyl (C=O) groups excluding carboxylic acids is 2. The van der Waals surface area contributed by atoms with Gasteiger partial charge in [0.2, 0.25) is 5.91 Å². The molecular weight excluding hydrogens is 376 g/mol. The van der Waals surface area contributed by atoms with Crippen LogP contribution in [0, 0.1) is 5.92 Å². The number of nitrogens with zero attached hydrogens (tertiary/aromatic N) is 1. The molecule has 0 aliphatic rings. The van der Waals surface area contributed by atoms with E-state index in [4.69, 9.17) is 0 Å². The Morgan fingerprint density at radius 2 is 1.27 bits per heavy atom. The molecular formula is C24H34N4O2. The van der Waals surface area contributed by atoms with Crippen LogP contribution < -0.4 is 16.0 Å². The molecule has 0 unspecified atom stereocenters. The van der Waals surface area contributed by atoms with Crippen LogP contribution in [-0.2, 0) is 24.4 Å². The Morgan fingerprint density at radius 3 is 1.73 bits per heavy atom. The third-order valence-electron chi connectivity index (χ3n) is 4.98. The van der Waals surface area contributed by atoms with Gasteiger partial charge in [-0.2, -0.15) is 0 Å². The Bertz CT molecular complexity index is 797. The summed E-state index contributed by atoms with van der Waals surface area (Å²) < 4.78 is 0. The van der Waals surface area contributed by atoms with E-state index >= 15 is 0 Å². The molecule has 0 aliphatic carbocycles. The Labute approximate surface area is 180 Å². The van der Waals surface area contributed by atoms with Gasteiger partial charge in [-0.3, -0.25) is 9.69 Å². The molecule has 6 nitrogen and oxygen atoms in total. The fourth-order valence-electron chi connectivity index (χ4n) is 2.89. The molecule has 3 amide bonds. The highest BCUT2D eigenvalue weighted by atomic mass is 16.2. The first-order valence-electron chi connectivity index (χ1n) is 10.6. The van der Waals surface area contributed by atoms with Crippen LogP contribution in [0.5, 0.6) is 0 Å². The number of hydrogen-bond donors (Lipinski definition) is 3. The third-order valence-corrected chi connectivity index (χ3v) is 4.98. The molecule has 162 valence electrons. The lowest BCUT2D eigenvalue weighted by molar-refractivity contribution is -0.118. The number of amides is 3. The minimum atomic E-state index is -0.209. The average Bonchev–Trinajstić information content (AvgIpc) is 2.76. The van der Waals surface area contributed by atoms with Crippen molar-refractivity contribution in [1.82, 2.24) is 15.5 Å². The summed E-state index contributed by atoms with van der Waals surface area (Å²) in [6.45, 7) is 12.0. The van der Waals surface area contributed by atoms with Crippen molar-refractivity contribution in [3.63, 3.8) is 0 Å². The highest BCUT2D eigenvalue weighted by Crippen LogP contribution is 2.11. The zero-order valence-corrected chi connectivity index (χ0v) is 18.5. The number of nitrogens with one attached hydrogen (secondary N) is 3. The Hall–Kier alpha value is -2.86. The van der Waals surface area contributed by atoms with Crippen molar-refractivity contribution in [3.05, 3.63) is 65.2 Å². The molecule has 0 fully saturated rings. The van der Waals surface area contributed by atoms with Crippen molar-refractivity contribution in [2.24, 2.45) is 5.92 Å². The lowest BCUT2D eigenvalue weighted by Gasteiger charge is -2.18. The van der Waals surface area contributed by atoms with Gasteiger partial charge in [0, 0.05) is 31.2 Å². The number of hydrogen-bond acceptors (Lipinski definition) is 3. The molecule has 2 rings (SSSR count). The van der Waals surface area contributed by atoms with Crippen molar-refractivity contribution < 1.29 is 9.59 Å². The molecule has 0 atom stereocenters. The standard InChI is InChI=1S/C24H34N4O2/c1-5-28(6-2)17-21-9-7-19(8-10-21)15-25-24(30)26-16-20-11-13-22(14-12-20)27-23(29)18(3)4/h7-14,18H,5-6,15-17H2,1-4H3,(H,27,29)(H2,25,26,30). The van der Waals surface area contributed by atoms with Crippen molar-refractivity contribution in [2.45, 2.75) is 47.3 Å². The summed E-state index contributed by atoms with van der Waals surface area (Å²) in [6.07, 6.45) is 0. The van der Waals surface area contributed by atoms with Gasteiger partial charge in [-0.15, -0.1) is 0 Å². The maximum Gasteiger partial charge on any atom is 0.315 e. The molecule has 6 heteroatoms. The van der Waals surface area contributed by atoms with Gasteiger partial charge < -0.3 is 16.0 Å². The number of rotatable bonds is 10. The number of benzene rings is 2. The summed E-state index contributed by atoms with van der Waals surface area (Å²) in [6, 6.07) is 15.6. The first kappa shape index (κ1) is 23.4. The van der Waals surface area contributed by atoms with E-state index in [1.165, 1.54) is 5.56 Å². The average molecular weight is 411 g/mol. The predicted octanol–water partition coefficient (Wildman–Crippen LogP) is 4.12. The number of carbonyl (C=O) groups is 2. The van der Waals surface area contributed by atoms with E-state index in [1.807, 2.05) is 38.1 Å². The van der Waals surface area contributed by atoms with Gasteiger partial charge in [0.1, 0.15) is 0 Å². The molecule has 0 spiro atoms. The number of anilines is 1. The van der Waals surface area contributed by atoms with Gasteiger partial charge in [0.25, 0.3) is 0 Å². The summed E-state index contributed by atoms with van der Waals surface area (Å²) in [5.41, 5.74) is 4.07. The van der Waals surface area contributed by atoms with Gasteiger partial charge in [-0.25, -0.2) is 4.79 Å². The third kappa shape index (κ3) is 7.87. The number of urea groups is 1. The van der Waals surface area contributed by atoms with Gasteiger partial charge in [0.05, 0.1) is 0 Å². The molecule has 0 aromatic heterocycles. The van der Waals surface area contributed by atoms with Crippen LogP contribution in [0.1, 0.15) is 44.4 Å². The van der Waals surface area contributed by atoms with E-state index in [9.17, 15) is 9.59 Å². The molecule has 30 heavy (non-hydrogen) atoms. The Morgan fingerprint density at radius 1 is 0.800 bits per heavy atom. The fourth-order valence-corrected chi connectivity index (χ4v) is 2.89. The summed E-state index contributed by atoms with van der Waals surface area (Å²) in [5.74, 6) is -0.0741. The normalized spacial score (nSPS) is 10.9. The minimum Gasteiger partial charge on any atom is -0.334 e. The monoisotopic (exact) mass is 410 g/mol. The van der Waals surface area contributed by atoms with Crippen LogP contribution in [0.4, 0.5) is 10.5 Å². The van der Waals surface area contributed by atoms with Crippen LogP contribution in [0.25, 0.3) is 0 Å². The van der Waals surface area contributed by atoms with Crippen LogP contribution in [-0.4, -0.2) is 29.9 Å². The van der Waals surface area contributed by atoms with Gasteiger partial charge >= 0.3 is 6.03 Å². The zero-order valence-electron chi connectivity index (χ0n) is 18.5. The highest BCUT2D eigenvalue weighted by molar-refractivity contribution is 5.92.